The summed E-state index contributed by atoms with van der Waals surface area (Å²) in [6.45, 7) is 1.57. The van der Waals surface area contributed by atoms with E-state index in [1.807, 2.05) is 0 Å². The van der Waals surface area contributed by atoms with Crippen molar-refractivity contribution in [3.63, 3.8) is 0 Å². The van der Waals surface area contributed by atoms with Gasteiger partial charge < -0.3 is 15.3 Å². The smallest absolute Gasteiger partial charge is 0.335 e. The van der Waals surface area contributed by atoms with E-state index >= 15 is 0 Å². The summed E-state index contributed by atoms with van der Waals surface area (Å²) in [6.07, 6.45) is 5.55. The van der Waals surface area contributed by atoms with Gasteiger partial charge in [-0.25, -0.2) is 14.8 Å². The molecule has 2 N–H and O–H groups in total. The molecule has 1 amide bonds. The Morgan fingerprint density at radius 2 is 1.92 bits per heavy atom. The van der Waals surface area contributed by atoms with Crippen molar-refractivity contribution in [3.05, 3.63) is 53.9 Å². The fourth-order valence-electron chi connectivity index (χ4n) is 2.96. The van der Waals surface area contributed by atoms with Crippen molar-refractivity contribution in [1.82, 2.24) is 15.3 Å². The molecule has 1 aliphatic heterocycles. The highest BCUT2D eigenvalue weighted by molar-refractivity contribution is 5.87. The Bertz CT molecular complexity index is 734. The number of carbonyl (C=O) groups excluding carboxylic acids is 1. The number of aromatic carboxylic acids is 1. The summed E-state index contributed by atoms with van der Waals surface area (Å²) in [6, 6.07) is 8.22. The van der Waals surface area contributed by atoms with E-state index in [0.717, 1.165) is 24.9 Å². The second kappa shape index (κ2) is 7.74. The van der Waals surface area contributed by atoms with Crippen molar-refractivity contribution in [1.29, 1.82) is 0 Å². The van der Waals surface area contributed by atoms with Crippen LogP contribution < -0.4 is 10.2 Å². The first-order valence-corrected chi connectivity index (χ1v) is 8.25. The maximum absolute atomic E-state index is 12.3. The molecular formula is C18H20N4O3. The number of piperidine rings is 1. The molecule has 1 fully saturated rings. The number of rotatable bonds is 5. The predicted molar refractivity (Wildman–Crippen MR) is 92.5 cm³/mol. The van der Waals surface area contributed by atoms with Crippen LogP contribution in [-0.2, 0) is 11.2 Å². The number of hydrogen-bond donors (Lipinski definition) is 2. The maximum atomic E-state index is 12.3. The quantitative estimate of drug-likeness (QED) is 0.856. The van der Waals surface area contributed by atoms with Gasteiger partial charge in [0.05, 0.1) is 12.0 Å². The fourth-order valence-corrected chi connectivity index (χ4v) is 2.96. The van der Waals surface area contributed by atoms with Gasteiger partial charge in [0.2, 0.25) is 11.9 Å². The molecule has 7 heteroatoms. The number of hydrogen-bond acceptors (Lipinski definition) is 5. The molecular weight excluding hydrogens is 320 g/mol. The largest absolute Gasteiger partial charge is 0.478 e. The van der Waals surface area contributed by atoms with Crippen LogP contribution in [-0.4, -0.2) is 46.1 Å². The van der Waals surface area contributed by atoms with Gasteiger partial charge >= 0.3 is 5.97 Å². The van der Waals surface area contributed by atoms with Crippen molar-refractivity contribution >= 4 is 17.8 Å². The minimum Gasteiger partial charge on any atom is -0.478 e. The zero-order valence-electron chi connectivity index (χ0n) is 13.8. The Morgan fingerprint density at radius 1 is 1.20 bits per heavy atom. The van der Waals surface area contributed by atoms with Gasteiger partial charge in [-0.3, -0.25) is 4.79 Å². The number of anilines is 1. The second-order valence-electron chi connectivity index (χ2n) is 6.08. The van der Waals surface area contributed by atoms with E-state index in [2.05, 4.69) is 20.2 Å². The molecule has 0 saturated carbocycles. The van der Waals surface area contributed by atoms with E-state index in [1.54, 1.807) is 30.6 Å². The number of carboxylic acid groups (broad SMARTS) is 1. The van der Waals surface area contributed by atoms with Crippen LogP contribution in [0.5, 0.6) is 0 Å². The third-order valence-corrected chi connectivity index (χ3v) is 4.19. The minimum atomic E-state index is -0.971. The number of carboxylic acids is 1. The zero-order valence-corrected chi connectivity index (χ0v) is 13.8. The molecule has 1 aliphatic rings. The van der Waals surface area contributed by atoms with E-state index in [9.17, 15) is 9.59 Å². The molecule has 2 heterocycles. The van der Waals surface area contributed by atoms with Gasteiger partial charge in [0.1, 0.15) is 0 Å². The van der Waals surface area contributed by atoms with Gasteiger partial charge in [-0.1, -0.05) is 12.1 Å². The van der Waals surface area contributed by atoms with Crippen molar-refractivity contribution in [2.24, 2.45) is 0 Å². The molecule has 0 spiro atoms. The molecule has 25 heavy (non-hydrogen) atoms. The van der Waals surface area contributed by atoms with Crippen molar-refractivity contribution in [2.75, 3.05) is 18.0 Å². The van der Waals surface area contributed by atoms with Gasteiger partial charge in [0.25, 0.3) is 0 Å². The molecule has 130 valence electrons. The first kappa shape index (κ1) is 16.9. The van der Waals surface area contributed by atoms with Crippen molar-refractivity contribution < 1.29 is 14.7 Å². The van der Waals surface area contributed by atoms with Crippen LogP contribution in [0.15, 0.2) is 42.7 Å². The van der Waals surface area contributed by atoms with Gasteiger partial charge in [-0.05, 0) is 36.6 Å². The van der Waals surface area contributed by atoms with E-state index in [4.69, 9.17) is 5.11 Å². The van der Waals surface area contributed by atoms with Crippen LogP contribution in [0.25, 0.3) is 0 Å². The van der Waals surface area contributed by atoms with Crippen LogP contribution in [0.3, 0.4) is 0 Å². The van der Waals surface area contributed by atoms with Crippen molar-refractivity contribution in [2.45, 2.75) is 25.3 Å². The summed E-state index contributed by atoms with van der Waals surface area (Å²) in [4.78, 5) is 33.7. The third kappa shape index (κ3) is 4.53. The van der Waals surface area contributed by atoms with Crippen LogP contribution in [0, 0.1) is 0 Å². The Labute approximate surface area is 145 Å². The number of nitrogens with zero attached hydrogens (tertiary/aromatic N) is 3. The highest BCUT2D eigenvalue weighted by Gasteiger charge is 2.22. The number of aromatic nitrogens is 2. The average Bonchev–Trinajstić information content (AvgIpc) is 2.63. The molecule has 3 rings (SSSR count). The predicted octanol–water partition coefficient (Wildman–Crippen LogP) is 1.50. The molecule has 0 bridgehead atoms. The highest BCUT2D eigenvalue weighted by Crippen LogP contribution is 2.15. The first-order chi connectivity index (χ1) is 12.1. The standard InChI is InChI=1S/C18H20N4O3/c23-16(11-13-4-6-14(7-5-13)17(24)25)21-15-3-1-10-22(12-15)18-19-8-2-9-20-18/h2,4-9,15H,1,3,10-12H2,(H,21,23)(H,24,25). The Hall–Kier alpha value is -2.96. The lowest BCUT2D eigenvalue weighted by atomic mass is 10.0. The number of benzene rings is 1. The number of nitrogens with one attached hydrogen (secondary N) is 1. The van der Waals surface area contributed by atoms with E-state index < -0.39 is 5.97 Å². The lowest BCUT2D eigenvalue weighted by Gasteiger charge is -2.33. The Balaban J connectivity index is 1.54. The molecule has 0 aliphatic carbocycles. The fraction of sp³-hybridized carbons (Fsp3) is 0.333. The van der Waals surface area contributed by atoms with Crippen LogP contribution in [0.2, 0.25) is 0 Å². The third-order valence-electron chi connectivity index (χ3n) is 4.19. The molecule has 1 aromatic heterocycles. The van der Waals surface area contributed by atoms with Crippen molar-refractivity contribution in [3.8, 4) is 0 Å². The second-order valence-corrected chi connectivity index (χ2v) is 6.08. The summed E-state index contributed by atoms with van der Waals surface area (Å²) < 4.78 is 0. The van der Waals surface area contributed by atoms with E-state index in [1.165, 1.54) is 12.1 Å². The normalized spacial score (nSPS) is 17.1. The molecule has 1 atom stereocenters. The van der Waals surface area contributed by atoms with Crippen LogP contribution in [0.4, 0.5) is 5.95 Å². The summed E-state index contributed by atoms with van der Waals surface area (Å²) >= 11 is 0. The Morgan fingerprint density at radius 3 is 2.60 bits per heavy atom. The van der Waals surface area contributed by atoms with Gasteiger partial charge in [-0.2, -0.15) is 0 Å². The van der Waals surface area contributed by atoms with E-state index in [-0.39, 0.29) is 23.9 Å². The molecule has 2 aromatic rings. The average molecular weight is 340 g/mol. The minimum absolute atomic E-state index is 0.0587. The number of carbonyl (C=O) groups is 2. The van der Waals surface area contributed by atoms with E-state index in [0.29, 0.717) is 12.5 Å². The maximum Gasteiger partial charge on any atom is 0.335 e. The summed E-state index contributed by atoms with van der Waals surface area (Å²) in [7, 11) is 0. The SMILES string of the molecule is O=C(Cc1ccc(C(=O)O)cc1)NC1CCCN(c2ncccn2)C1. The van der Waals surface area contributed by atoms with Gasteiger partial charge in [0, 0.05) is 31.5 Å². The monoisotopic (exact) mass is 340 g/mol. The lowest BCUT2D eigenvalue weighted by molar-refractivity contribution is -0.121. The number of amides is 1. The van der Waals surface area contributed by atoms with Gasteiger partial charge in [-0.15, -0.1) is 0 Å². The molecule has 1 saturated heterocycles. The first-order valence-electron chi connectivity index (χ1n) is 8.25. The van der Waals surface area contributed by atoms with Crippen LogP contribution >= 0.6 is 0 Å². The van der Waals surface area contributed by atoms with Crippen LogP contribution in [0.1, 0.15) is 28.8 Å². The highest BCUT2D eigenvalue weighted by atomic mass is 16.4. The summed E-state index contributed by atoms with van der Waals surface area (Å²) in [5.74, 6) is -0.351. The molecule has 1 unspecified atom stereocenters. The summed E-state index contributed by atoms with van der Waals surface area (Å²) in [5.41, 5.74) is 1.01. The molecule has 0 radical (unpaired) electrons. The molecule has 1 aromatic carbocycles. The lowest BCUT2D eigenvalue weighted by Crippen LogP contribution is -2.48. The zero-order chi connectivity index (χ0) is 17.6. The molecule has 7 nitrogen and oxygen atoms in total. The topological polar surface area (TPSA) is 95.4 Å². The Kier molecular flexibility index (Phi) is 5.23. The summed E-state index contributed by atoms with van der Waals surface area (Å²) in [5, 5.41) is 12.0. The van der Waals surface area contributed by atoms with Gasteiger partial charge in [0.15, 0.2) is 0 Å².